The minimum Gasteiger partial charge on any atom is -0.229 e. The van der Waals surface area contributed by atoms with Gasteiger partial charge in [-0.25, -0.2) is 4.57 Å². The van der Waals surface area contributed by atoms with Gasteiger partial charge in [-0.05, 0) is 31.4 Å². The molecule has 0 saturated carbocycles. The van der Waals surface area contributed by atoms with Crippen molar-refractivity contribution in [2.45, 2.75) is 84.6 Å². The minimum atomic E-state index is 1.13. The molecule has 0 spiro atoms. The summed E-state index contributed by atoms with van der Waals surface area (Å²) in [4.78, 5) is 0. The number of benzene rings is 1. The first-order valence-corrected chi connectivity index (χ1v) is 11.6. The molecule has 2 aromatic rings. The fourth-order valence-electron chi connectivity index (χ4n) is 3.30. The maximum atomic E-state index is 2.45. The summed E-state index contributed by atoms with van der Waals surface area (Å²) in [6.45, 7) is 5.67. The molecule has 144 valence electrons. The van der Waals surface area contributed by atoms with E-state index in [1.165, 1.54) is 81.3 Å². The molecule has 1 aromatic heterocycles. The lowest BCUT2D eigenvalue weighted by molar-refractivity contribution is -0.685. The number of unbranched alkanes of at least 4 members (excludes halogenated alkanes) is 8. The zero-order valence-electron chi connectivity index (χ0n) is 16.8. The van der Waals surface area contributed by atoms with Crippen molar-refractivity contribution in [1.29, 1.82) is 0 Å². The van der Waals surface area contributed by atoms with Crippen LogP contribution in [0.5, 0.6) is 0 Å². The Morgan fingerprint density at radius 1 is 0.808 bits per heavy atom. The smallest absolute Gasteiger partial charge is 0.229 e. The molecule has 0 radical (unpaired) electrons. The van der Waals surface area contributed by atoms with Crippen LogP contribution in [0.1, 0.15) is 78.1 Å². The first-order valence-electron chi connectivity index (χ1n) is 10.7. The summed E-state index contributed by atoms with van der Waals surface area (Å²) in [6.07, 6.45) is 18.0. The highest BCUT2D eigenvalue weighted by atomic mass is 32.2. The second-order valence-electron chi connectivity index (χ2n) is 7.17. The number of imidazole rings is 1. The number of aromatic nitrogens is 2. The van der Waals surface area contributed by atoms with Gasteiger partial charge in [0, 0.05) is 5.75 Å². The van der Waals surface area contributed by atoms with Crippen molar-refractivity contribution in [3.05, 3.63) is 42.7 Å². The first kappa shape index (κ1) is 21.1. The van der Waals surface area contributed by atoms with Crippen LogP contribution in [-0.4, -0.2) is 9.73 Å². The predicted octanol–water partition coefficient (Wildman–Crippen LogP) is 6.88. The van der Waals surface area contributed by atoms with Gasteiger partial charge in [0.05, 0.1) is 24.1 Å². The largest absolute Gasteiger partial charge is 0.300 e. The Bertz CT molecular complexity index is 592. The van der Waals surface area contributed by atoms with Crippen molar-refractivity contribution in [2.24, 2.45) is 0 Å². The van der Waals surface area contributed by atoms with Crippen LogP contribution in [-0.2, 0) is 6.54 Å². The highest BCUT2D eigenvalue weighted by Gasteiger charge is 2.19. The monoisotopic (exact) mass is 373 g/mol. The third kappa shape index (κ3) is 7.19. The molecule has 0 saturated heterocycles. The quantitative estimate of drug-likeness (QED) is 0.259. The Balaban J connectivity index is 1.89. The lowest BCUT2D eigenvalue weighted by atomic mass is 10.1. The molecule has 0 atom stereocenters. The van der Waals surface area contributed by atoms with Crippen molar-refractivity contribution in [3.63, 3.8) is 0 Å². The van der Waals surface area contributed by atoms with Gasteiger partial charge in [0.25, 0.3) is 0 Å². The van der Waals surface area contributed by atoms with Crippen molar-refractivity contribution in [3.8, 4) is 11.4 Å². The van der Waals surface area contributed by atoms with Gasteiger partial charge in [-0.3, -0.25) is 0 Å². The highest BCUT2D eigenvalue weighted by Crippen LogP contribution is 2.21. The van der Waals surface area contributed by atoms with E-state index in [2.05, 4.69) is 65.1 Å². The molecule has 0 N–H and O–H groups in total. The van der Waals surface area contributed by atoms with Crippen LogP contribution in [0, 0.1) is 0 Å². The SMILES string of the molecule is CCCCCCCCCC[n+]1ccn(SCCCC)c1-c1ccccc1. The molecule has 0 aliphatic carbocycles. The normalized spacial score (nSPS) is 11.2. The van der Waals surface area contributed by atoms with E-state index < -0.39 is 0 Å². The Morgan fingerprint density at radius 2 is 1.46 bits per heavy atom. The Kier molecular flexibility index (Phi) is 10.6. The zero-order chi connectivity index (χ0) is 18.5. The molecular weight excluding hydrogens is 336 g/mol. The van der Waals surface area contributed by atoms with E-state index in [9.17, 15) is 0 Å². The first-order chi connectivity index (χ1) is 12.9. The average molecular weight is 374 g/mol. The van der Waals surface area contributed by atoms with Gasteiger partial charge in [-0.2, -0.15) is 3.97 Å². The van der Waals surface area contributed by atoms with Crippen LogP contribution in [0.3, 0.4) is 0 Å². The van der Waals surface area contributed by atoms with Gasteiger partial charge in [0.2, 0.25) is 0 Å². The predicted molar refractivity (Wildman–Crippen MR) is 115 cm³/mol. The molecular formula is C23H37N2S+. The molecule has 2 nitrogen and oxygen atoms in total. The summed E-state index contributed by atoms with van der Waals surface area (Å²) in [6, 6.07) is 10.9. The Hall–Kier alpha value is -1.22. The highest BCUT2D eigenvalue weighted by molar-refractivity contribution is 7.97. The number of rotatable bonds is 14. The summed E-state index contributed by atoms with van der Waals surface area (Å²) in [5.41, 5.74) is 1.32. The molecule has 3 heteroatoms. The number of hydrogen-bond donors (Lipinski definition) is 0. The minimum absolute atomic E-state index is 1.13. The summed E-state index contributed by atoms with van der Waals surface area (Å²) < 4.78 is 4.82. The van der Waals surface area contributed by atoms with Crippen molar-refractivity contribution >= 4 is 11.9 Å². The fraction of sp³-hybridized carbons (Fsp3) is 0.609. The molecule has 1 heterocycles. The van der Waals surface area contributed by atoms with E-state index in [0.29, 0.717) is 0 Å². The van der Waals surface area contributed by atoms with Gasteiger partial charge < -0.3 is 0 Å². The number of aryl methyl sites for hydroxylation is 1. The zero-order valence-corrected chi connectivity index (χ0v) is 17.6. The fourth-order valence-corrected chi connectivity index (χ4v) is 4.38. The van der Waals surface area contributed by atoms with Crippen LogP contribution in [0.4, 0.5) is 0 Å². The molecule has 0 aliphatic heterocycles. The Labute approximate surface area is 165 Å². The third-order valence-corrected chi connectivity index (χ3v) is 5.92. The van der Waals surface area contributed by atoms with Gasteiger partial charge in [0.1, 0.15) is 12.4 Å². The summed E-state index contributed by atoms with van der Waals surface area (Å²) >= 11 is 1.94. The van der Waals surface area contributed by atoms with Crippen LogP contribution in [0.15, 0.2) is 42.7 Å². The third-order valence-electron chi connectivity index (χ3n) is 4.88. The molecule has 26 heavy (non-hydrogen) atoms. The second kappa shape index (κ2) is 13.0. The van der Waals surface area contributed by atoms with Crippen LogP contribution in [0.25, 0.3) is 11.4 Å². The van der Waals surface area contributed by atoms with Gasteiger partial charge >= 0.3 is 5.82 Å². The maximum Gasteiger partial charge on any atom is 0.300 e. The van der Waals surface area contributed by atoms with E-state index >= 15 is 0 Å². The lowest BCUT2D eigenvalue weighted by Crippen LogP contribution is -2.34. The van der Waals surface area contributed by atoms with Gasteiger partial charge in [0.15, 0.2) is 0 Å². The van der Waals surface area contributed by atoms with Crippen LogP contribution >= 0.6 is 11.9 Å². The van der Waals surface area contributed by atoms with Gasteiger partial charge in [-0.1, -0.05) is 77.0 Å². The van der Waals surface area contributed by atoms with E-state index in [-0.39, 0.29) is 0 Å². The molecule has 0 aliphatic rings. The van der Waals surface area contributed by atoms with E-state index in [4.69, 9.17) is 0 Å². The average Bonchev–Trinajstić information content (AvgIpc) is 3.07. The van der Waals surface area contributed by atoms with Crippen LogP contribution < -0.4 is 4.57 Å². The molecule has 0 amide bonds. The van der Waals surface area contributed by atoms with E-state index in [0.717, 1.165) is 6.54 Å². The molecule has 0 fully saturated rings. The standard InChI is InChI=1S/C23H37N2S/c1-3-5-7-8-9-10-11-15-18-24-19-20-25(26-21-6-4-2)23(24)22-16-13-12-14-17-22/h12-14,16-17,19-20H,3-11,15,18,21H2,1-2H3/q+1. The molecule has 2 rings (SSSR count). The second-order valence-corrected chi connectivity index (χ2v) is 8.23. The Morgan fingerprint density at radius 3 is 2.15 bits per heavy atom. The maximum absolute atomic E-state index is 2.45. The van der Waals surface area contributed by atoms with E-state index in [1.807, 2.05) is 11.9 Å². The summed E-state index contributed by atoms with van der Waals surface area (Å²) in [5.74, 6) is 2.53. The van der Waals surface area contributed by atoms with E-state index in [1.54, 1.807) is 0 Å². The lowest BCUT2D eigenvalue weighted by Gasteiger charge is -2.05. The van der Waals surface area contributed by atoms with Crippen molar-refractivity contribution in [2.75, 3.05) is 5.75 Å². The van der Waals surface area contributed by atoms with Crippen molar-refractivity contribution < 1.29 is 4.57 Å². The summed E-state index contributed by atoms with van der Waals surface area (Å²) in [5, 5.41) is 0. The van der Waals surface area contributed by atoms with Gasteiger partial charge in [-0.15, -0.1) is 0 Å². The molecule has 0 unspecified atom stereocenters. The molecule has 1 aromatic carbocycles. The van der Waals surface area contributed by atoms with Crippen LogP contribution in [0.2, 0.25) is 0 Å². The van der Waals surface area contributed by atoms with Crippen molar-refractivity contribution in [1.82, 2.24) is 3.97 Å². The number of nitrogens with zero attached hydrogens (tertiary/aromatic N) is 2. The summed E-state index contributed by atoms with van der Waals surface area (Å²) in [7, 11) is 0. The number of hydrogen-bond acceptors (Lipinski definition) is 1. The topological polar surface area (TPSA) is 8.81 Å². The molecule has 0 bridgehead atoms.